The van der Waals surface area contributed by atoms with Crippen molar-refractivity contribution in [1.82, 2.24) is 0 Å². The minimum atomic E-state index is -2.38. The lowest BCUT2D eigenvalue weighted by Crippen LogP contribution is -2.38. The normalized spacial score (nSPS) is 24.2. The minimum absolute atomic E-state index is 0.183. The fourth-order valence-electron chi connectivity index (χ4n) is 11.9. The van der Waals surface area contributed by atoms with Crippen molar-refractivity contribution in [3.8, 4) is 17.2 Å². The number of benzene rings is 3. The first-order chi connectivity index (χ1) is 30.7. The summed E-state index contributed by atoms with van der Waals surface area (Å²) in [7, 11) is -2.38. The molecule has 3 unspecified atom stereocenters. The molecule has 0 N–H and O–H groups in total. The van der Waals surface area contributed by atoms with Gasteiger partial charge in [-0.05, 0) is 164 Å². The van der Waals surface area contributed by atoms with E-state index in [1.807, 2.05) is 0 Å². The Bertz CT molecular complexity index is 1630. The molecule has 0 aromatic heterocycles. The average molecular weight is 897 g/mol. The van der Waals surface area contributed by atoms with Gasteiger partial charge in [-0.25, -0.2) is 26.3 Å². The zero-order valence-electron chi connectivity index (χ0n) is 39.6. The monoisotopic (exact) mass is 897 g/mol. The van der Waals surface area contributed by atoms with E-state index in [9.17, 15) is 0 Å². The van der Waals surface area contributed by atoms with Crippen LogP contribution in [0.25, 0.3) is 0 Å². The van der Waals surface area contributed by atoms with Gasteiger partial charge in [-0.3, -0.25) is 0 Å². The van der Waals surface area contributed by atoms with Crippen molar-refractivity contribution in [3.63, 3.8) is 0 Å². The Morgan fingerprint density at radius 3 is 0.828 bits per heavy atom. The van der Waals surface area contributed by atoms with Gasteiger partial charge in [-0.1, -0.05) is 119 Å². The van der Waals surface area contributed by atoms with Crippen LogP contribution < -0.4 is 14.0 Å². The van der Waals surface area contributed by atoms with Crippen molar-refractivity contribution in [3.05, 3.63) is 88.0 Å². The molecular formula is C54H75BF6O3. The summed E-state index contributed by atoms with van der Waals surface area (Å²) in [6.45, 7) is 12.9. The van der Waals surface area contributed by atoms with Crippen LogP contribution in [0.15, 0.2) is 36.4 Å². The third-order valence-corrected chi connectivity index (χ3v) is 15.7. The fourth-order valence-corrected chi connectivity index (χ4v) is 11.9. The summed E-state index contributed by atoms with van der Waals surface area (Å²) in [5.74, 6) is -5.41. The van der Waals surface area contributed by atoms with Crippen LogP contribution in [-0.2, 0) is 19.3 Å². The largest absolute Gasteiger partial charge is 0.864 e. The van der Waals surface area contributed by atoms with Crippen LogP contribution in [0, 0.1) is 88.2 Å². The zero-order chi connectivity index (χ0) is 45.9. The first-order valence-corrected chi connectivity index (χ1v) is 25.2. The molecule has 10 heteroatoms. The van der Waals surface area contributed by atoms with Gasteiger partial charge in [0.05, 0.1) is 0 Å². The fraction of sp³-hybridized carbons (Fsp3) is 0.667. The van der Waals surface area contributed by atoms with Gasteiger partial charge in [0.15, 0.2) is 52.2 Å². The van der Waals surface area contributed by atoms with Crippen molar-refractivity contribution in [2.75, 3.05) is 0 Å². The predicted molar refractivity (Wildman–Crippen MR) is 246 cm³/mol. The van der Waals surface area contributed by atoms with Crippen LogP contribution in [0.3, 0.4) is 0 Å². The molecular weight excluding hydrogens is 821 g/mol. The van der Waals surface area contributed by atoms with E-state index in [-0.39, 0.29) is 17.8 Å². The second kappa shape index (κ2) is 23.9. The standard InChI is InChI=1S/C54H75BF6O3/c1-7-10-37-13-19-43(20-14-37)34(4)25-40-28-46(56)52(47(57)29-40)62-55(63-53-48(58)30-41(31-49(53)59)26-35(5)44-21-15-38(11-8-2)16-22-44)64-54-50(60)32-42(33-51(54)61)27-36(6)45-23-17-39(12-9-3)18-24-45/h28-39,43-45H,7-27H2,1-6H3/t34?,35?,36?,37-,38-,39-,43-,44-,45-. The van der Waals surface area contributed by atoms with E-state index in [0.29, 0.717) is 53.7 Å². The van der Waals surface area contributed by atoms with Gasteiger partial charge in [0.1, 0.15) is 0 Å². The van der Waals surface area contributed by atoms with Crippen LogP contribution in [-0.4, -0.2) is 7.32 Å². The summed E-state index contributed by atoms with van der Waals surface area (Å²) in [5, 5.41) is 0. The summed E-state index contributed by atoms with van der Waals surface area (Å²) < 4.78 is 112. The van der Waals surface area contributed by atoms with Crippen LogP contribution in [0.2, 0.25) is 0 Å². The highest BCUT2D eigenvalue weighted by atomic mass is 19.2. The highest BCUT2D eigenvalue weighted by Crippen LogP contribution is 2.40. The number of halogens is 6. The molecule has 0 aliphatic heterocycles. The Labute approximate surface area is 381 Å². The van der Waals surface area contributed by atoms with Crippen LogP contribution in [0.4, 0.5) is 26.3 Å². The highest BCUT2D eigenvalue weighted by molar-refractivity contribution is 6.39. The van der Waals surface area contributed by atoms with Gasteiger partial charge in [-0.2, -0.15) is 0 Å². The lowest BCUT2D eigenvalue weighted by Gasteiger charge is -2.32. The topological polar surface area (TPSA) is 27.7 Å². The molecule has 0 heterocycles. The van der Waals surface area contributed by atoms with Crippen molar-refractivity contribution < 1.29 is 40.3 Å². The second-order valence-corrected chi connectivity index (χ2v) is 20.6. The molecule has 3 saturated carbocycles. The summed E-state index contributed by atoms with van der Waals surface area (Å²) in [5.41, 5.74) is 1.28. The maximum atomic E-state index is 15.9. The molecule has 0 radical (unpaired) electrons. The summed E-state index contributed by atoms with van der Waals surface area (Å²) in [4.78, 5) is 0. The third kappa shape index (κ3) is 13.6. The highest BCUT2D eigenvalue weighted by Gasteiger charge is 2.38. The third-order valence-electron chi connectivity index (χ3n) is 15.7. The van der Waals surface area contributed by atoms with E-state index < -0.39 is 59.5 Å². The van der Waals surface area contributed by atoms with E-state index in [0.717, 1.165) is 131 Å². The Morgan fingerprint density at radius 1 is 0.406 bits per heavy atom. The summed E-state index contributed by atoms with van der Waals surface area (Å²) in [6, 6.07) is 6.97. The quantitative estimate of drug-likeness (QED) is 0.0788. The molecule has 3 fully saturated rings. The van der Waals surface area contributed by atoms with Crippen molar-refractivity contribution in [2.24, 2.45) is 53.3 Å². The zero-order valence-corrected chi connectivity index (χ0v) is 39.6. The molecule has 0 saturated heterocycles. The average Bonchev–Trinajstić information content (AvgIpc) is 3.25. The molecule has 0 bridgehead atoms. The second-order valence-electron chi connectivity index (χ2n) is 20.6. The summed E-state index contributed by atoms with van der Waals surface area (Å²) in [6.07, 6.45) is 21.9. The maximum Gasteiger partial charge on any atom is 0.864 e. The molecule has 3 aliphatic carbocycles. The molecule has 64 heavy (non-hydrogen) atoms. The molecule has 0 spiro atoms. The SMILES string of the molecule is CCC[C@H]1CC[C@H](C(C)Cc2cc(F)c(OB(Oc3c(F)cc(CC(C)[C@H]4CC[C@H](CCC)CC4)cc3F)Oc3c(F)cc(CC(C)[C@H]4CC[C@H](CCC)CC4)cc3F)c(F)c2)CC1. The molecule has 3 atom stereocenters. The number of hydrogen-bond acceptors (Lipinski definition) is 3. The Balaban J connectivity index is 1.20. The molecule has 3 aromatic carbocycles. The lowest BCUT2D eigenvalue weighted by molar-refractivity contribution is 0.206. The van der Waals surface area contributed by atoms with Crippen LogP contribution >= 0.6 is 0 Å². The molecule has 3 nitrogen and oxygen atoms in total. The lowest BCUT2D eigenvalue weighted by atomic mass is 9.74. The van der Waals surface area contributed by atoms with Crippen molar-refractivity contribution in [1.29, 1.82) is 0 Å². The van der Waals surface area contributed by atoms with Crippen molar-refractivity contribution in [2.45, 2.75) is 176 Å². The summed E-state index contributed by atoms with van der Waals surface area (Å²) >= 11 is 0. The van der Waals surface area contributed by atoms with E-state index in [1.165, 1.54) is 38.5 Å². The Hall–Kier alpha value is -3.30. The molecule has 3 aromatic rings. The van der Waals surface area contributed by atoms with Gasteiger partial charge < -0.3 is 14.0 Å². The van der Waals surface area contributed by atoms with Crippen LogP contribution in [0.5, 0.6) is 17.2 Å². The molecule has 0 amide bonds. The van der Waals surface area contributed by atoms with Gasteiger partial charge in [0.25, 0.3) is 0 Å². The van der Waals surface area contributed by atoms with Gasteiger partial charge in [0.2, 0.25) is 0 Å². The van der Waals surface area contributed by atoms with Gasteiger partial charge >= 0.3 is 7.32 Å². The first kappa shape index (κ1) is 50.1. The van der Waals surface area contributed by atoms with E-state index >= 15 is 26.3 Å². The molecule has 3 aliphatic rings. The number of rotatable bonds is 21. The maximum absolute atomic E-state index is 15.9. The van der Waals surface area contributed by atoms with Crippen LogP contribution in [0.1, 0.15) is 174 Å². The van der Waals surface area contributed by atoms with Gasteiger partial charge in [0, 0.05) is 0 Å². The smallest absolute Gasteiger partial charge is 0.484 e. The predicted octanol–water partition coefficient (Wildman–Crippen LogP) is 16.4. The molecule has 354 valence electrons. The first-order valence-electron chi connectivity index (χ1n) is 25.2. The number of hydrogen-bond donors (Lipinski definition) is 0. The Morgan fingerprint density at radius 2 is 0.625 bits per heavy atom. The van der Waals surface area contributed by atoms with Crippen molar-refractivity contribution >= 4 is 7.32 Å². The Kier molecular flexibility index (Phi) is 18.8. The minimum Gasteiger partial charge on any atom is -0.484 e. The van der Waals surface area contributed by atoms with E-state index in [1.54, 1.807) is 0 Å². The van der Waals surface area contributed by atoms with E-state index in [2.05, 4.69) is 41.5 Å². The van der Waals surface area contributed by atoms with E-state index in [4.69, 9.17) is 14.0 Å². The molecule has 6 rings (SSSR count). The van der Waals surface area contributed by atoms with Gasteiger partial charge in [-0.15, -0.1) is 0 Å².